The number of ether oxygens (including phenoxy) is 1. The van der Waals surface area contributed by atoms with Crippen molar-refractivity contribution in [3.05, 3.63) is 90.4 Å². The van der Waals surface area contributed by atoms with Crippen molar-refractivity contribution in [1.29, 1.82) is 0 Å². The summed E-state index contributed by atoms with van der Waals surface area (Å²) in [5.41, 5.74) is 1.07. The SMILES string of the molecule is C=C[C@H](OCc1ccccc1)[C@@H](O)/C=C/Sc1ccccc1. The highest BCUT2D eigenvalue weighted by atomic mass is 32.2. The number of hydrogen-bond acceptors (Lipinski definition) is 3. The summed E-state index contributed by atoms with van der Waals surface area (Å²) in [5.74, 6) is 0. The molecule has 0 aliphatic heterocycles. The number of benzene rings is 2. The van der Waals surface area contributed by atoms with E-state index in [9.17, 15) is 5.11 Å². The minimum Gasteiger partial charge on any atom is -0.386 e. The third-order valence-electron chi connectivity index (χ3n) is 3.08. The predicted octanol–water partition coefficient (Wildman–Crippen LogP) is 4.42. The highest BCUT2D eigenvalue weighted by Gasteiger charge is 2.13. The Balaban J connectivity index is 1.83. The van der Waals surface area contributed by atoms with Crippen LogP contribution in [0.1, 0.15) is 5.56 Å². The second-order valence-corrected chi connectivity index (χ2v) is 5.73. The maximum atomic E-state index is 10.2. The summed E-state index contributed by atoms with van der Waals surface area (Å²) in [6.45, 7) is 4.19. The van der Waals surface area contributed by atoms with Gasteiger partial charge in [-0.15, -0.1) is 6.58 Å². The Morgan fingerprint density at radius 1 is 1.05 bits per heavy atom. The van der Waals surface area contributed by atoms with Crippen LogP contribution in [0, 0.1) is 0 Å². The van der Waals surface area contributed by atoms with Crippen LogP contribution in [0.15, 0.2) is 89.7 Å². The maximum absolute atomic E-state index is 10.2. The van der Waals surface area contributed by atoms with Crippen LogP contribution >= 0.6 is 11.8 Å². The minimum atomic E-state index is -0.711. The molecule has 22 heavy (non-hydrogen) atoms. The second kappa shape index (κ2) is 9.26. The lowest BCUT2D eigenvalue weighted by Crippen LogP contribution is -2.24. The molecule has 0 radical (unpaired) electrons. The fourth-order valence-electron chi connectivity index (χ4n) is 1.88. The lowest BCUT2D eigenvalue weighted by molar-refractivity contribution is 0.00220. The van der Waals surface area contributed by atoms with E-state index in [-0.39, 0.29) is 0 Å². The Hall–Kier alpha value is -1.81. The summed E-state index contributed by atoms with van der Waals surface area (Å²) in [6.07, 6.45) is 2.23. The zero-order valence-corrected chi connectivity index (χ0v) is 13.2. The third kappa shape index (κ3) is 5.53. The van der Waals surface area contributed by atoms with Crippen molar-refractivity contribution in [2.75, 3.05) is 0 Å². The lowest BCUT2D eigenvalue weighted by atomic mass is 10.2. The Morgan fingerprint density at radius 3 is 2.32 bits per heavy atom. The topological polar surface area (TPSA) is 29.5 Å². The molecule has 0 saturated heterocycles. The molecule has 0 spiro atoms. The molecule has 114 valence electrons. The summed E-state index contributed by atoms with van der Waals surface area (Å²) in [5, 5.41) is 12.0. The zero-order chi connectivity index (χ0) is 15.6. The van der Waals surface area contributed by atoms with Gasteiger partial charge in [0.15, 0.2) is 0 Å². The van der Waals surface area contributed by atoms with E-state index in [2.05, 4.69) is 6.58 Å². The van der Waals surface area contributed by atoms with Crippen LogP contribution < -0.4 is 0 Å². The van der Waals surface area contributed by atoms with Gasteiger partial charge in [0.2, 0.25) is 0 Å². The van der Waals surface area contributed by atoms with Gasteiger partial charge >= 0.3 is 0 Å². The van der Waals surface area contributed by atoms with E-state index in [1.54, 1.807) is 23.9 Å². The molecular formula is C19H20O2S. The second-order valence-electron chi connectivity index (χ2n) is 4.75. The fraction of sp³-hybridized carbons (Fsp3) is 0.158. The molecule has 1 N–H and O–H groups in total. The Labute approximate surface area is 136 Å². The van der Waals surface area contributed by atoms with Gasteiger partial charge in [0.05, 0.1) is 6.61 Å². The van der Waals surface area contributed by atoms with Gasteiger partial charge in [0.1, 0.15) is 12.2 Å². The van der Waals surface area contributed by atoms with Crippen LogP contribution in [-0.2, 0) is 11.3 Å². The van der Waals surface area contributed by atoms with E-state index >= 15 is 0 Å². The molecule has 0 heterocycles. The molecule has 0 aliphatic carbocycles. The molecular weight excluding hydrogens is 292 g/mol. The first-order valence-electron chi connectivity index (χ1n) is 7.14. The molecule has 2 nitrogen and oxygen atoms in total. The summed E-state index contributed by atoms with van der Waals surface area (Å²) < 4.78 is 5.71. The molecule has 0 amide bonds. The molecule has 0 aromatic heterocycles. The smallest absolute Gasteiger partial charge is 0.105 e. The van der Waals surface area contributed by atoms with Crippen LogP contribution in [0.5, 0.6) is 0 Å². The first-order valence-corrected chi connectivity index (χ1v) is 8.02. The summed E-state index contributed by atoms with van der Waals surface area (Å²) in [7, 11) is 0. The largest absolute Gasteiger partial charge is 0.386 e. The maximum Gasteiger partial charge on any atom is 0.105 e. The van der Waals surface area contributed by atoms with Crippen LogP contribution in [0.2, 0.25) is 0 Å². The normalized spacial score (nSPS) is 13.9. The van der Waals surface area contributed by atoms with Gasteiger partial charge in [-0.3, -0.25) is 0 Å². The monoisotopic (exact) mass is 312 g/mol. The van der Waals surface area contributed by atoms with E-state index in [1.807, 2.05) is 66.1 Å². The van der Waals surface area contributed by atoms with E-state index < -0.39 is 12.2 Å². The van der Waals surface area contributed by atoms with Crippen molar-refractivity contribution in [2.24, 2.45) is 0 Å². The first kappa shape index (κ1) is 16.6. The van der Waals surface area contributed by atoms with Crippen molar-refractivity contribution >= 4 is 11.8 Å². The van der Waals surface area contributed by atoms with Gasteiger partial charge in [-0.2, -0.15) is 0 Å². The van der Waals surface area contributed by atoms with Crippen molar-refractivity contribution in [2.45, 2.75) is 23.7 Å². The van der Waals surface area contributed by atoms with Crippen molar-refractivity contribution < 1.29 is 9.84 Å². The third-order valence-corrected chi connectivity index (χ3v) is 3.91. The standard InChI is InChI=1S/C19H20O2S/c1-2-19(21-15-16-9-5-3-6-10-16)18(20)13-14-22-17-11-7-4-8-12-17/h2-14,18-20H,1,15H2/b14-13+/t18-,19-/m0/s1. The minimum absolute atomic E-state index is 0.423. The first-order chi connectivity index (χ1) is 10.8. The molecule has 0 aliphatic rings. The highest BCUT2D eigenvalue weighted by molar-refractivity contribution is 8.02. The van der Waals surface area contributed by atoms with Gasteiger partial charge in [-0.1, -0.05) is 66.4 Å². The van der Waals surface area contributed by atoms with Crippen LogP contribution in [0.25, 0.3) is 0 Å². The molecule has 0 fully saturated rings. The molecule has 0 saturated carbocycles. The van der Waals surface area contributed by atoms with E-state index in [4.69, 9.17) is 4.74 Å². The molecule has 2 aromatic carbocycles. The summed E-state index contributed by atoms with van der Waals surface area (Å²) in [6, 6.07) is 19.9. The molecule has 2 aromatic rings. The van der Waals surface area contributed by atoms with Crippen LogP contribution in [-0.4, -0.2) is 17.3 Å². The van der Waals surface area contributed by atoms with E-state index in [0.29, 0.717) is 6.61 Å². The number of aliphatic hydroxyl groups excluding tert-OH is 1. The lowest BCUT2D eigenvalue weighted by Gasteiger charge is -2.17. The van der Waals surface area contributed by atoms with Crippen LogP contribution in [0.4, 0.5) is 0 Å². The predicted molar refractivity (Wildman–Crippen MR) is 92.7 cm³/mol. The molecule has 0 unspecified atom stereocenters. The van der Waals surface area contributed by atoms with Gasteiger partial charge in [0.25, 0.3) is 0 Å². The van der Waals surface area contributed by atoms with Gasteiger partial charge < -0.3 is 9.84 Å². The van der Waals surface area contributed by atoms with Crippen molar-refractivity contribution in [3.63, 3.8) is 0 Å². The fourth-order valence-corrected chi connectivity index (χ4v) is 2.59. The Kier molecular flexibility index (Phi) is 6.97. The van der Waals surface area contributed by atoms with Crippen LogP contribution in [0.3, 0.4) is 0 Å². The number of hydrogen-bond donors (Lipinski definition) is 1. The van der Waals surface area contributed by atoms with Gasteiger partial charge in [-0.05, 0) is 29.2 Å². The molecule has 0 bridgehead atoms. The highest BCUT2D eigenvalue weighted by Crippen LogP contribution is 2.19. The zero-order valence-electron chi connectivity index (χ0n) is 12.3. The van der Waals surface area contributed by atoms with Crippen molar-refractivity contribution in [3.8, 4) is 0 Å². The Bertz CT molecular complexity index is 581. The quantitative estimate of drug-likeness (QED) is 0.578. The summed E-state index contributed by atoms with van der Waals surface area (Å²) in [4.78, 5) is 1.13. The molecule has 2 rings (SSSR count). The molecule has 3 heteroatoms. The average Bonchev–Trinajstić information content (AvgIpc) is 2.57. The molecule has 2 atom stereocenters. The van der Waals surface area contributed by atoms with Gasteiger partial charge in [0, 0.05) is 4.90 Å². The van der Waals surface area contributed by atoms with E-state index in [0.717, 1.165) is 10.5 Å². The van der Waals surface area contributed by atoms with Gasteiger partial charge in [-0.25, -0.2) is 0 Å². The number of thioether (sulfide) groups is 1. The van der Waals surface area contributed by atoms with E-state index in [1.165, 1.54) is 0 Å². The summed E-state index contributed by atoms with van der Waals surface area (Å²) >= 11 is 1.56. The van der Waals surface area contributed by atoms with Crippen molar-refractivity contribution in [1.82, 2.24) is 0 Å². The number of aliphatic hydroxyl groups is 1. The number of rotatable bonds is 8. The Morgan fingerprint density at radius 2 is 1.68 bits per heavy atom. The average molecular weight is 312 g/mol.